The number of aromatic nitrogens is 3. The lowest BCUT2D eigenvalue weighted by atomic mass is 9.84. The van der Waals surface area contributed by atoms with Gasteiger partial charge >= 0.3 is 5.97 Å². The molecule has 2 unspecified atom stereocenters. The first-order chi connectivity index (χ1) is 22.0. The lowest BCUT2D eigenvalue weighted by molar-refractivity contribution is -0.754. The number of hydroxylamine groups is 2. The van der Waals surface area contributed by atoms with Gasteiger partial charge in [-0.25, -0.2) is 18.2 Å². The lowest BCUT2D eigenvalue weighted by Crippen LogP contribution is -2.76. The Bertz CT molecular complexity index is 1770. The molecule has 3 heterocycles. The Labute approximate surface area is 271 Å². The second kappa shape index (κ2) is 14.0. The van der Waals surface area contributed by atoms with Gasteiger partial charge in [0.1, 0.15) is 30.6 Å². The molecule has 0 bridgehead atoms. The lowest BCUT2D eigenvalue weighted by Gasteiger charge is -2.51. The zero-order valence-electron chi connectivity index (χ0n) is 25.2. The van der Waals surface area contributed by atoms with E-state index in [1.807, 2.05) is 19.4 Å². The summed E-state index contributed by atoms with van der Waals surface area (Å²) in [6.07, 6.45) is 1.30. The number of carboxylic acids is 1. The minimum Gasteiger partial charge on any atom is -0.724 e. The smallest absolute Gasteiger partial charge is 0.351 e. The zero-order valence-corrected chi connectivity index (χ0v) is 26.8. The summed E-state index contributed by atoms with van der Waals surface area (Å²) in [6.45, 7) is 2.56. The third-order valence-electron chi connectivity index (χ3n) is 6.92. The number of aliphatic carboxylic acids is 1. The maximum atomic E-state index is 13.2. The van der Waals surface area contributed by atoms with Gasteiger partial charge in [-0.15, -0.1) is 16.0 Å². The number of nitrogens with two attached hydrogens (primary N) is 2. The number of aryl methyl sites for hydroxylation is 1. The van der Waals surface area contributed by atoms with Crippen molar-refractivity contribution in [2.75, 3.05) is 18.9 Å². The molecule has 1 aromatic carbocycles. The van der Waals surface area contributed by atoms with E-state index in [1.165, 1.54) is 19.2 Å². The third-order valence-corrected chi connectivity index (χ3v) is 7.93. The number of rotatable bonds is 15. The normalized spacial score (nSPS) is 17.5. The monoisotopic (exact) mass is 696 g/mol. The number of carbonyl (C=O) groups is 3. The minimum absolute atomic E-state index is 0.0424. The van der Waals surface area contributed by atoms with Crippen molar-refractivity contribution in [1.82, 2.24) is 20.0 Å². The molecule has 7 N–H and O–H groups in total. The number of β-lactam (4-membered cyclic amide) rings is 1. The summed E-state index contributed by atoms with van der Waals surface area (Å²) in [5, 5.41) is 27.3. The SMILES string of the molecule is C[n+]1cc(-c2ccc(OC[C@H](O/N=C(\C(=O)NC3C(=O)N(OS(=O)(=O)[O-])C3(C)C)c3csc(N)n3)C(=O)O)cc2)cn1CC(O)CN. The van der Waals surface area contributed by atoms with Crippen molar-refractivity contribution in [3.63, 3.8) is 0 Å². The number of ether oxygens (including phenoxy) is 1. The molecule has 1 fully saturated rings. The van der Waals surface area contributed by atoms with Crippen molar-refractivity contribution in [1.29, 1.82) is 0 Å². The van der Waals surface area contributed by atoms with Gasteiger partial charge in [0.25, 0.3) is 17.9 Å². The van der Waals surface area contributed by atoms with Crippen molar-refractivity contribution in [2.24, 2.45) is 17.9 Å². The molecule has 1 aliphatic heterocycles. The van der Waals surface area contributed by atoms with E-state index < -0.39 is 64.3 Å². The first-order valence-corrected chi connectivity index (χ1v) is 15.9. The molecule has 3 aromatic rings. The highest BCUT2D eigenvalue weighted by molar-refractivity contribution is 7.80. The quantitative estimate of drug-likeness (QED) is 0.0290. The molecule has 0 radical (unpaired) electrons. The largest absolute Gasteiger partial charge is 0.724 e. The van der Waals surface area contributed by atoms with Crippen molar-refractivity contribution >= 4 is 50.4 Å². The van der Waals surface area contributed by atoms with Gasteiger partial charge in [0.2, 0.25) is 16.6 Å². The second-order valence-corrected chi connectivity index (χ2v) is 12.6. The number of hydrogen-bond donors (Lipinski definition) is 5. The van der Waals surface area contributed by atoms with Crippen molar-refractivity contribution in [2.45, 2.75) is 44.2 Å². The molecule has 2 aromatic heterocycles. The van der Waals surface area contributed by atoms with E-state index in [2.05, 4.69) is 19.7 Å². The molecule has 4 rings (SSSR count). The van der Waals surface area contributed by atoms with E-state index in [1.54, 1.807) is 33.6 Å². The number of hydrogen-bond acceptors (Lipinski definition) is 15. The Balaban J connectivity index is 1.44. The number of aliphatic hydroxyl groups excluding tert-OH is 1. The molecule has 0 aliphatic carbocycles. The van der Waals surface area contributed by atoms with Crippen LogP contribution in [0, 0.1) is 0 Å². The van der Waals surface area contributed by atoms with Gasteiger partial charge < -0.3 is 41.1 Å². The summed E-state index contributed by atoms with van der Waals surface area (Å²) in [5.41, 5.74) is 10.7. The van der Waals surface area contributed by atoms with Crippen LogP contribution in [0.2, 0.25) is 0 Å². The number of nitrogens with zero attached hydrogens (tertiary/aromatic N) is 5. The van der Waals surface area contributed by atoms with Gasteiger partial charge in [-0.2, -0.15) is 14.0 Å². The molecule has 2 amide bonds. The van der Waals surface area contributed by atoms with Crippen molar-refractivity contribution < 1.29 is 56.1 Å². The van der Waals surface area contributed by atoms with E-state index in [-0.39, 0.29) is 17.4 Å². The molecule has 0 saturated carbocycles. The molecule has 21 heteroatoms. The molecule has 3 atom stereocenters. The summed E-state index contributed by atoms with van der Waals surface area (Å²) >= 11 is 0.943. The first kappa shape index (κ1) is 35.2. The van der Waals surface area contributed by atoms with Crippen LogP contribution < -0.4 is 26.2 Å². The van der Waals surface area contributed by atoms with Crippen LogP contribution in [-0.4, -0.2) is 98.3 Å². The van der Waals surface area contributed by atoms with Gasteiger partial charge in [0.05, 0.1) is 23.4 Å². The van der Waals surface area contributed by atoms with Crippen molar-refractivity contribution in [3.05, 3.63) is 47.7 Å². The number of thiazole rings is 1. The summed E-state index contributed by atoms with van der Waals surface area (Å²) in [6, 6.07) is 5.37. The predicted molar refractivity (Wildman–Crippen MR) is 161 cm³/mol. The molecular weight excluding hydrogens is 664 g/mol. The zero-order chi connectivity index (χ0) is 34.7. The Hall–Kier alpha value is -4.67. The number of carboxylic acid groups (broad SMARTS) is 1. The molecule has 19 nitrogen and oxygen atoms in total. The Kier molecular flexibility index (Phi) is 10.5. The van der Waals surface area contributed by atoms with Crippen LogP contribution in [0.5, 0.6) is 5.75 Å². The van der Waals surface area contributed by atoms with E-state index >= 15 is 0 Å². The van der Waals surface area contributed by atoms with Gasteiger partial charge in [0, 0.05) is 11.9 Å². The van der Waals surface area contributed by atoms with E-state index in [9.17, 15) is 37.6 Å². The van der Waals surface area contributed by atoms with E-state index in [4.69, 9.17) is 21.0 Å². The summed E-state index contributed by atoms with van der Waals surface area (Å²) in [7, 11) is -3.45. The number of nitrogens with one attached hydrogen (secondary N) is 1. The molecule has 254 valence electrons. The van der Waals surface area contributed by atoms with Gasteiger partial charge in [-0.05, 0) is 31.5 Å². The minimum atomic E-state index is -5.27. The van der Waals surface area contributed by atoms with Gasteiger partial charge in [-0.1, -0.05) is 17.3 Å². The Morgan fingerprint density at radius 3 is 2.51 bits per heavy atom. The third kappa shape index (κ3) is 8.38. The van der Waals surface area contributed by atoms with Crippen LogP contribution in [0.3, 0.4) is 0 Å². The highest BCUT2D eigenvalue weighted by Gasteiger charge is 2.57. The highest BCUT2D eigenvalue weighted by Crippen LogP contribution is 2.33. The predicted octanol–water partition coefficient (Wildman–Crippen LogP) is -1.91. The second-order valence-electron chi connectivity index (χ2n) is 10.8. The summed E-state index contributed by atoms with van der Waals surface area (Å²) in [5.74, 6) is -3.26. The summed E-state index contributed by atoms with van der Waals surface area (Å²) < 4.78 is 46.3. The number of amides is 2. The fraction of sp³-hybridized carbons (Fsp3) is 0.385. The first-order valence-electron chi connectivity index (χ1n) is 13.7. The van der Waals surface area contributed by atoms with Crippen LogP contribution in [0.4, 0.5) is 5.13 Å². The van der Waals surface area contributed by atoms with Crippen LogP contribution in [0.25, 0.3) is 11.1 Å². The van der Waals surface area contributed by atoms with Crippen molar-refractivity contribution in [3.8, 4) is 16.9 Å². The fourth-order valence-electron chi connectivity index (χ4n) is 4.38. The maximum absolute atomic E-state index is 13.2. The van der Waals surface area contributed by atoms with Gasteiger partial charge in [0.15, 0.2) is 17.9 Å². The van der Waals surface area contributed by atoms with Crippen LogP contribution >= 0.6 is 11.3 Å². The number of anilines is 1. The average molecular weight is 697 g/mol. The Morgan fingerprint density at radius 2 is 1.96 bits per heavy atom. The fourth-order valence-corrected chi connectivity index (χ4v) is 5.37. The molecule has 0 spiro atoms. The van der Waals surface area contributed by atoms with Crippen LogP contribution in [0.15, 0.2) is 47.2 Å². The number of nitrogen functional groups attached to an aromatic ring is 1. The molecule has 47 heavy (non-hydrogen) atoms. The van der Waals surface area contributed by atoms with E-state index in [0.29, 0.717) is 17.4 Å². The highest BCUT2D eigenvalue weighted by atomic mass is 32.3. The number of benzene rings is 1. The van der Waals surface area contributed by atoms with Gasteiger partial charge in [-0.3, -0.25) is 9.59 Å². The van der Waals surface area contributed by atoms with Crippen LogP contribution in [-0.2, 0) is 47.5 Å². The van der Waals surface area contributed by atoms with Crippen LogP contribution in [0.1, 0.15) is 19.5 Å². The standard InChI is InChI=1S/C26H32N8O11S2/c1-26(2)21(23(37)34(26)45-47(40,41)42)30-22(36)20(18-13-46-25(28)29-18)31-44-19(24(38)39)12-43-17-6-4-14(5-7-17)15-9-32(3)33(10-15)11-16(35)8-27/h4-7,9-10,13,16,19,21,35H,8,11-12,27H2,1-3H3,(H4-,28,29,30,36,38,39,40,41,42)/b31-20-/t16?,19-,21?/m0/s1. The molecule has 1 saturated heterocycles. The maximum Gasteiger partial charge on any atom is 0.351 e. The number of aliphatic hydroxyl groups is 1. The summed E-state index contributed by atoms with van der Waals surface area (Å²) in [4.78, 5) is 46.7. The molecule has 1 aliphatic rings. The average Bonchev–Trinajstić information content (AvgIpc) is 3.60. The topological polar surface area (TPSA) is 278 Å². The van der Waals surface area contributed by atoms with E-state index in [0.717, 1.165) is 22.5 Å². The Morgan fingerprint density at radius 1 is 1.28 bits per heavy atom. The molecular formula is C26H32N8O11S2. The number of oxime groups is 1. The number of carbonyl (C=O) groups excluding carboxylic acids is 2.